The first-order chi connectivity index (χ1) is 3.18. The van der Waals surface area contributed by atoms with Gasteiger partial charge in [0.15, 0.2) is 0 Å². The molecule has 0 saturated heterocycles. The minimum absolute atomic E-state index is 0. The van der Waals surface area contributed by atoms with Gasteiger partial charge >= 0.3 is 0 Å². The number of nitrogens with two attached hydrogens (primary N) is 1. The first-order valence-corrected chi connectivity index (χ1v) is 3.72. The fourth-order valence-electron chi connectivity index (χ4n) is 0.227. The third-order valence-corrected chi connectivity index (χ3v) is 2.84. The molecule has 0 aromatic carbocycles. The predicted molar refractivity (Wildman–Crippen MR) is 43.0 cm³/mol. The molecule has 13 heavy (non-hydrogen) atoms. The van der Waals surface area contributed by atoms with Gasteiger partial charge in [-0.3, -0.25) is 0 Å². The van der Waals surface area contributed by atoms with Gasteiger partial charge in [0.25, 0.3) is 0 Å². The second kappa shape index (κ2) is 29.3. The van der Waals surface area contributed by atoms with Gasteiger partial charge in [0.05, 0.1) is 0 Å². The molecule has 3 nitrogen and oxygen atoms in total. The molecule has 64 valence electrons. The summed E-state index contributed by atoms with van der Waals surface area (Å²) in [5.74, 6) is 0. The molecular weight excluding hydrogens is 1160 g/mol. The second-order valence-corrected chi connectivity index (χ2v) is 3.10. The van der Waals surface area contributed by atoms with Crippen molar-refractivity contribution >= 4 is 32.6 Å². The van der Waals surface area contributed by atoms with E-state index >= 15 is 0 Å². The van der Waals surface area contributed by atoms with Crippen molar-refractivity contribution < 1.29 is 73.2 Å². The number of allylic oxidation sites excluding steroid dienone is 1. The maximum absolute atomic E-state index is 5.45. The summed E-state index contributed by atoms with van der Waals surface area (Å²) in [6.07, 6.45) is 1.09. The van der Waals surface area contributed by atoms with Crippen molar-refractivity contribution in [2.75, 3.05) is 0 Å². The van der Waals surface area contributed by atoms with Crippen LogP contribution in [0.4, 0.5) is 0 Å². The Kier molecular flexibility index (Phi) is 112. The molecular formula is C4H13Al2NO2Sg2U2. The van der Waals surface area contributed by atoms with E-state index < -0.39 is 0 Å². The maximum atomic E-state index is 5.45. The van der Waals surface area contributed by atoms with Crippen LogP contribution in [0.5, 0.6) is 0 Å². The van der Waals surface area contributed by atoms with E-state index in [2.05, 4.69) is 6.92 Å². The topological polar surface area (TPSA) is 89.0 Å². The van der Waals surface area contributed by atoms with Crippen molar-refractivity contribution in [3.63, 3.8) is 0 Å². The molecule has 0 aromatic heterocycles. The quantitative estimate of drug-likeness (QED) is 0.294. The van der Waals surface area contributed by atoms with Crippen molar-refractivity contribution in [2.45, 2.75) is 13.3 Å². The number of rotatable bonds is 1. The smallest absolute Gasteiger partial charge is 0.247 e. The molecule has 0 aromatic rings. The SMILES string of the molecule is CC/[C]([AlH])=[C](\N)[AlH].O.O.[Sg].[Sg].[U].[U]. The Balaban J connectivity index is -0.0000000120. The van der Waals surface area contributed by atoms with Crippen molar-refractivity contribution in [3.05, 3.63) is 8.99 Å². The Labute approximate surface area is 132 Å². The molecule has 6 N–H and O–H groups in total. The Hall–Kier alpha value is 0.629. The molecule has 0 atom stereocenters. The van der Waals surface area contributed by atoms with Crippen LogP contribution in [0.15, 0.2) is 8.99 Å². The van der Waals surface area contributed by atoms with Crippen LogP contribution in [0.1, 0.15) is 13.3 Å². The van der Waals surface area contributed by atoms with Crippen LogP contribution in [-0.4, -0.2) is 43.5 Å². The van der Waals surface area contributed by atoms with E-state index in [1.165, 1.54) is 4.44 Å². The Morgan fingerprint density at radius 2 is 1.31 bits per heavy atom. The first kappa shape index (κ1) is 49.5. The molecule has 0 aliphatic carbocycles. The van der Waals surface area contributed by atoms with E-state index in [-0.39, 0.29) is 73.2 Å². The summed E-state index contributed by atoms with van der Waals surface area (Å²) in [6, 6.07) is 0. The Bertz CT molecular complexity index is 106. The summed E-state index contributed by atoms with van der Waals surface area (Å²) >= 11 is 3.63. The van der Waals surface area contributed by atoms with Crippen molar-refractivity contribution in [1.29, 1.82) is 0 Å². The van der Waals surface area contributed by atoms with Crippen LogP contribution in [0, 0.1) is 62.2 Å². The van der Waals surface area contributed by atoms with Gasteiger partial charge in [-0.2, -0.15) is 0 Å². The molecule has 0 unspecified atom stereocenters. The van der Waals surface area contributed by atoms with Crippen molar-refractivity contribution in [3.8, 4) is 0 Å². The minimum atomic E-state index is 0. The van der Waals surface area contributed by atoms with E-state index in [4.69, 9.17) is 5.73 Å². The molecule has 0 aliphatic heterocycles. The summed E-state index contributed by atoms with van der Waals surface area (Å²) in [7, 11) is 0. The van der Waals surface area contributed by atoms with Crippen LogP contribution in [0.3, 0.4) is 0 Å². The molecule has 0 aliphatic rings. The molecule has 0 fully saturated rings. The molecule has 0 amide bonds. The molecule has 0 spiro atoms. The van der Waals surface area contributed by atoms with Crippen LogP contribution >= 0.6 is 0 Å². The predicted octanol–water partition coefficient (Wildman–Crippen LogP) is -2.32. The number of hydrogen-bond donors (Lipinski definition) is 1. The van der Waals surface area contributed by atoms with Crippen LogP contribution in [0.25, 0.3) is 0 Å². The summed E-state index contributed by atoms with van der Waals surface area (Å²) in [4.78, 5) is 0. The van der Waals surface area contributed by atoms with E-state index in [0.717, 1.165) is 11.0 Å². The molecule has 0 bridgehead atoms. The van der Waals surface area contributed by atoms with Gasteiger partial charge in [-0.25, -0.2) is 0 Å². The maximum Gasteiger partial charge on any atom is 0.247 e. The summed E-state index contributed by atoms with van der Waals surface area (Å²) in [5.41, 5.74) is 5.45. The fourth-order valence-corrected chi connectivity index (χ4v) is 0.477. The molecule has 0 rings (SSSR count). The molecule has 0 heterocycles. The van der Waals surface area contributed by atoms with Crippen molar-refractivity contribution in [2.24, 2.45) is 5.73 Å². The van der Waals surface area contributed by atoms with Gasteiger partial charge in [-0.1, -0.05) is 13.3 Å². The second-order valence-electron chi connectivity index (χ2n) is 1.48. The van der Waals surface area contributed by atoms with E-state index in [9.17, 15) is 0 Å². The summed E-state index contributed by atoms with van der Waals surface area (Å²) in [6.45, 7) is 2.11. The zero-order valence-electron chi connectivity index (χ0n) is 8.11. The third kappa shape index (κ3) is 32.5. The van der Waals surface area contributed by atoms with Gasteiger partial charge in [-0.15, -0.1) is 8.99 Å². The molecule has 0 saturated carbocycles. The fraction of sp³-hybridized carbons (Fsp3) is 0.500. The Morgan fingerprint density at radius 1 is 1.08 bits per heavy atom. The zero-order chi connectivity index (χ0) is 5.86. The molecule has 9 heteroatoms. The van der Waals surface area contributed by atoms with Crippen LogP contribution in [-0.2, 0) is 0 Å². The standard InChI is InChI=1S/C4H7N.2Al.2H2O.2Sg.2U.2H/c1-2-3-4-5;;;;;;;;;;/h2,5H2,1H3;;;2*1H2;;;;;;. The summed E-state index contributed by atoms with van der Waals surface area (Å²) in [5, 5.41) is 0. The van der Waals surface area contributed by atoms with Gasteiger partial charge < -0.3 is 16.7 Å². The minimum Gasteiger partial charge on any atom is -0.419 e. The van der Waals surface area contributed by atoms with Crippen LogP contribution < -0.4 is 5.73 Å². The molecule has 2 radical (unpaired) electrons. The average Bonchev–Trinajstić information content (AvgIpc) is 1.65. The average molecular weight is 1180 g/mol. The monoisotopic (exact) mass is 1180 g/mol. The first-order valence-electron chi connectivity index (χ1n) is 2.31. The van der Waals surface area contributed by atoms with Gasteiger partial charge in [0, 0.05) is 62.2 Å². The zero-order valence-corrected chi connectivity index (χ0v) is 32.2. The van der Waals surface area contributed by atoms with E-state index in [1.54, 1.807) is 16.3 Å². The largest absolute Gasteiger partial charge is 0.419 e. The normalized spacial score (nSPS) is 7.15. The van der Waals surface area contributed by atoms with Gasteiger partial charge in [0.1, 0.15) is 0 Å². The third-order valence-electron chi connectivity index (χ3n) is 0.881. The van der Waals surface area contributed by atoms with Crippen LogP contribution in [0.2, 0.25) is 0 Å². The number of hydrogen-bond acceptors (Lipinski definition) is 1. The van der Waals surface area contributed by atoms with Crippen molar-refractivity contribution in [1.82, 2.24) is 0 Å². The van der Waals surface area contributed by atoms with Gasteiger partial charge in [-0.05, 0) is 0 Å². The van der Waals surface area contributed by atoms with E-state index in [1.807, 2.05) is 16.3 Å². The Morgan fingerprint density at radius 3 is 1.31 bits per heavy atom. The van der Waals surface area contributed by atoms with E-state index in [0.29, 0.717) is 0 Å². The summed E-state index contributed by atoms with van der Waals surface area (Å²) < 4.78 is 2.33. The van der Waals surface area contributed by atoms with Gasteiger partial charge in [0.2, 0.25) is 32.6 Å².